The maximum absolute atomic E-state index is 5.73. The van der Waals surface area contributed by atoms with E-state index in [4.69, 9.17) is 34.2 Å². The molecule has 10 N–H and O–H groups in total. The minimum atomic E-state index is -0.0580. The van der Waals surface area contributed by atoms with Crippen LogP contribution in [0, 0.1) is 0 Å². The molecule has 0 aliphatic carbocycles. The van der Waals surface area contributed by atoms with Gasteiger partial charge in [0.15, 0.2) is 6.21 Å². The highest BCUT2D eigenvalue weighted by atomic mass is 35.5. The van der Waals surface area contributed by atoms with Gasteiger partial charge in [0.05, 0.1) is 0 Å². The number of nitrogens with one attached hydrogen (secondary N) is 2. The number of nitrogen functional groups attached to an aromatic ring is 2. The van der Waals surface area contributed by atoms with Crippen LogP contribution in [0.15, 0.2) is 11.9 Å². The Morgan fingerprint density at radius 1 is 1.40 bits per heavy atom. The smallest absolute Gasteiger partial charge is 0.281 e. The van der Waals surface area contributed by atoms with Crippen molar-refractivity contribution in [1.29, 1.82) is 0 Å². The molecule has 1 rings (SSSR count). The Morgan fingerprint density at radius 2 is 2.00 bits per heavy atom. The lowest BCUT2D eigenvalue weighted by molar-refractivity contribution is -0.451. The van der Waals surface area contributed by atoms with Crippen molar-refractivity contribution in [2.24, 2.45) is 5.73 Å². The first-order valence-electron chi connectivity index (χ1n) is 5.96. The van der Waals surface area contributed by atoms with E-state index in [9.17, 15) is 0 Å². The molecule has 0 aromatic carbocycles. The van der Waals surface area contributed by atoms with Crippen LogP contribution in [0.5, 0.6) is 0 Å². The number of hydrogen-bond donors (Lipinski definition) is 6. The molecule has 1 aromatic rings. The molecule has 0 saturated carbocycles. The molecule has 0 fully saturated rings. The third kappa shape index (κ3) is 4.09. The molecule has 108 valence electrons. The topological polar surface area (TPSA) is 155 Å². The van der Waals surface area contributed by atoms with Gasteiger partial charge < -0.3 is 22.5 Å². The molecule has 0 saturated heterocycles. The minimum Gasteiger partial charge on any atom is -0.403 e. The van der Waals surface area contributed by atoms with Crippen molar-refractivity contribution in [2.45, 2.75) is 13.3 Å². The summed E-state index contributed by atoms with van der Waals surface area (Å²) < 4.78 is 0. The number of aromatic nitrogens is 2. The van der Waals surface area contributed by atoms with Gasteiger partial charge in [0.1, 0.15) is 29.4 Å². The van der Waals surface area contributed by atoms with Crippen LogP contribution in [-0.2, 0) is 0 Å². The number of nitrogens with two attached hydrogens (primary N) is 4. The summed E-state index contributed by atoms with van der Waals surface area (Å²) in [6.07, 6.45) is 4.06. The summed E-state index contributed by atoms with van der Waals surface area (Å²) in [6, 6.07) is 0. The van der Waals surface area contributed by atoms with E-state index in [0.717, 1.165) is 13.0 Å². The second kappa shape index (κ2) is 7.29. The zero-order valence-corrected chi connectivity index (χ0v) is 11.9. The van der Waals surface area contributed by atoms with Crippen LogP contribution < -0.4 is 32.9 Å². The van der Waals surface area contributed by atoms with Crippen molar-refractivity contribution in [3.63, 3.8) is 0 Å². The maximum atomic E-state index is 5.73. The van der Waals surface area contributed by atoms with Crippen LogP contribution >= 0.6 is 11.6 Å². The molecule has 0 unspecified atom stereocenters. The second-order valence-electron chi connectivity index (χ2n) is 3.89. The van der Waals surface area contributed by atoms with Gasteiger partial charge in [0.25, 0.3) is 5.17 Å². The van der Waals surface area contributed by atoms with Gasteiger partial charge in [-0.2, -0.15) is 9.97 Å². The Labute approximate surface area is 121 Å². The number of hydrogen-bond acceptors (Lipinski definition) is 6. The maximum Gasteiger partial charge on any atom is 0.281 e. The second-order valence-corrected chi connectivity index (χ2v) is 4.29. The Balaban J connectivity index is 2.96. The first-order chi connectivity index (χ1) is 9.49. The fourth-order valence-electron chi connectivity index (χ4n) is 1.38. The minimum absolute atomic E-state index is 0.0580. The van der Waals surface area contributed by atoms with Crippen molar-refractivity contribution in [1.82, 2.24) is 9.97 Å². The van der Waals surface area contributed by atoms with Gasteiger partial charge in [0, 0.05) is 12.6 Å². The van der Waals surface area contributed by atoms with Crippen molar-refractivity contribution in [3.8, 4) is 0 Å². The number of rotatable bonds is 6. The van der Waals surface area contributed by atoms with E-state index in [1.54, 1.807) is 6.21 Å². The van der Waals surface area contributed by atoms with Crippen LogP contribution in [0.4, 0.5) is 17.6 Å². The summed E-state index contributed by atoms with van der Waals surface area (Å²) in [5.74, 6) is 0.378. The highest BCUT2D eigenvalue weighted by Crippen LogP contribution is 2.19. The van der Waals surface area contributed by atoms with E-state index < -0.39 is 0 Å². The van der Waals surface area contributed by atoms with Crippen LogP contribution in [0.25, 0.3) is 0 Å². The van der Waals surface area contributed by atoms with E-state index in [1.165, 1.54) is 6.20 Å². The van der Waals surface area contributed by atoms with Gasteiger partial charge in [-0.25, -0.2) is 10.4 Å². The Morgan fingerprint density at radius 3 is 2.45 bits per heavy atom. The number of halogens is 1. The quantitative estimate of drug-likeness (QED) is 0.311. The monoisotopic (exact) mass is 298 g/mol. The fraction of sp³-hybridized carbons (Fsp3) is 0.273. The van der Waals surface area contributed by atoms with Crippen LogP contribution in [0.2, 0.25) is 0 Å². The average Bonchev–Trinajstić information content (AvgIpc) is 2.36. The van der Waals surface area contributed by atoms with E-state index in [-0.39, 0.29) is 28.3 Å². The molecule has 0 amide bonds. The molecule has 0 radical (unpaired) electrons. The normalized spacial score (nSPS) is 11.8. The zero-order valence-electron chi connectivity index (χ0n) is 11.2. The van der Waals surface area contributed by atoms with Gasteiger partial charge in [-0.05, 0) is 11.6 Å². The lowest BCUT2D eigenvalue weighted by atomic mass is 10.3. The van der Waals surface area contributed by atoms with Crippen molar-refractivity contribution < 1.29 is 10.4 Å². The molecule has 1 aromatic heterocycles. The number of anilines is 3. The Kier molecular flexibility index (Phi) is 5.73. The third-order valence-electron chi connectivity index (χ3n) is 2.29. The summed E-state index contributed by atoms with van der Waals surface area (Å²) in [5.41, 5.74) is 17.8. The molecule has 0 spiro atoms. The molecule has 0 atom stereocenters. The summed E-state index contributed by atoms with van der Waals surface area (Å²) in [5, 5.41) is 8.27. The van der Waals surface area contributed by atoms with Crippen molar-refractivity contribution in [2.75, 3.05) is 23.3 Å². The largest absolute Gasteiger partial charge is 0.403 e. The molecular formula is C11H19ClN8+2. The predicted molar refractivity (Wildman–Crippen MR) is 80.8 cm³/mol. The highest BCUT2D eigenvalue weighted by molar-refractivity contribution is 6.68. The Hall–Kier alpha value is -2.35. The van der Waals surface area contributed by atoms with E-state index in [1.807, 2.05) is 0 Å². The molecule has 9 heteroatoms. The van der Waals surface area contributed by atoms with Crippen molar-refractivity contribution >= 4 is 40.6 Å². The molecule has 20 heavy (non-hydrogen) atoms. The predicted octanol–water partition coefficient (Wildman–Crippen LogP) is -2.84. The van der Waals surface area contributed by atoms with E-state index in [0.29, 0.717) is 5.70 Å². The first kappa shape index (κ1) is 15.7. The van der Waals surface area contributed by atoms with Gasteiger partial charge in [-0.1, -0.05) is 6.92 Å². The van der Waals surface area contributed by atoms with E-state index in [2.05, 4.69) is 27.2 Å². The van der Waals surface area contributed by atoms with Gasteiger partial charge in [0.2, 0.25) is 5.95 Å². The summed E-state index contributed by atoms with van der Waals surface area (Å²) in [4.78, 5) is 11.1. The number of nitrogens with zero attached hydrogens (tertiary/aromatic N) is 2. The lowest BCUT2D eigenvalue weighted by Gasteiger charge is -2.07. The van der Waals surface area contributed by atoms with E-state index >= 15 is 0 Å². The summed E-state index contributed by atoms with van der Waals surface area (Å²) in [7, 11) is 0. The van der Waals surface area contributed by atoms with Crippen LogP contribution in [0.1, 0.15) is 18.9 Å². The van der Waals surface area contributed by atoms with Crippen molar-refractivity contribution in [3.05, 3.63) is 17.5 Å². The van der Waals surface area contributed by atoms with Gasteiger partial charge >= 0.3 is 0 Å². The van der Waals surface area contributed by atoms with Crippen LogP contribution in [0.3, 0.4) is 0 Å². The first-order valence-corrected chi connectivity index (χ1v) is 6.34. The fourth-order valence-corrected chi connectivity index (χ4v) is 1.57. The molecular weight excluding hydrogens is 280 g/mol. The SMILES string of the molecule is CCC[NH+]=CC(=CN)Nc1nc(N)c(C(=[NH2+])Cl)c(N)n1. The van der Waals surface area contributed by atoms with Gasteiger partial charge in [-0.15, -0.1) is 0 Å². The standard InChI is InChI=1S/C11H17ClN8/c1-2-3-17-5-6(4-13)18-11-19-9(15)7(8(12)14)10(16)20-11/h4-5,14H,2-3,13H2,1H3,(H5,15,16,18,19,20)/p+2. The number of allylic oxidation sites excluding steroid dienone is 1. The summed E-state index contributed by atoms with van der Waals surface area (Å²) >= 11 is 5.67. The zero-order chi connectivity index (χ0) is 15.1. The molecule has 1 heterocycles. The highest BCUT2D eigenvalue weighted by Gasteiger charge is 2.17. The lowest BCUT2D eigenvalue weighted by Crippen LogP contribution is -2.69. The summed E-state index contributed by atoms with van der Waals surface area (Å²) in [6.45, 7) is 2.87. The third-order valence-corrected chi connectivity index (χ3v) is 2.48. The molecule has 0 aliphatic heterocycles. The van der Waals surface area contributed by atoms with Crippen LogP contribution in [-0.4, -0.2) is 27.9 Å². The molecule has 8 nitrogen and oxygen atoms in total. The molecule has 0 bridgehead atoms. The Bertz CT molecular complexity index is 528. The van der Waals surface area contributed by atoms with Gasteiger partial charge in [-0.3, -0.25) is 0 Å². The molecule has 0 aliphatic rings. The average molecular weight is 299 g/mol.